The molecule has 3 aromatic rings. The average Bonchev–Trinajstić information content (AvgIpc) is 3.27. The minimum atomic E-state index is -0.371. The number of aryl methyl sites for hydroxylation is 1. The summed E-state index contributed by atoms with van der Waals surface area (Å²) >= 11 is 2.61. The summed E-state index contributed by atoms with van der Waals surface area (Å²) in [4.78, 5) is 28.5. The molecular weight excluding hydrogens is 415 g/mol. The van der Waals surface area contributed by atoms with Crippen molar-refractivity contribution >= 4 is 45.7 Å². The lowest BCUT2D eigenvalue weighted by atomic mass is 10.3. The van der Waals surface area contributed by atoms with E-state index in [1.54, 1.807) is 4.57 Å². The number of hydrogen-bond donors (Lipinski definition) is 2. The summed E-state index contributed by atoms with van der Waals surface area (Å²) in [5.74, 6) is -0.203. The number of aromatic nitrogens is 4. The molecule has 2 N–H and O–H groups in total. The molecule has 3 rings (SSSR count). The monoisotopic (exact) mass is 434 g/mol. The van der Waals surface area contributed by atoms with E-state index in [4.69, 9.17) is 0 Å². The van der Waals surface area contributed by atoms with Gasteiger partial charge in [-0.2, -0.15) is 0 Å². The van der Waals surface area contributed by atoms with Crippen molar-refractivity contribution in [2.45, 2.75) is 32.0 Å². The molecule has 2 heterocycles. The topological polar surface area (TPSA) is 102 Å². The molecule has 0 radical (unpaired) electrons. The first-order valence-electron chi connectivity index (χ1n) is 8.77. The molecule has 0 atom stereocenters. The van der Waals surface area contributed by atoms with E-state index in [1.165, 1.54) is 47.4 Å². The van der Waals surface area contributed by atoms with Gasteiger partial charge in [0.05, 0.1) is 17.9 Å². The summed E-state index contributed by atoms with van der Waals surface area (Å²) in [6.07, 6.45) is 0.0172. The second-order valence-corrected chi connectivity index (χ2v) is 7.81. The van der Waals surface area contributed by atoms with Crippen molar-refractivity contribution in [3.8, 4) is 0 Å². The standard InChI is InChI=1S/C18H19FN6O2S2/c1-3-25-14(8-15(26)21-13-6-4-12(19)5-7-13)23-24-18(25)29-10-16(27)22-17-20-11(2)9-28-17/h4-7,9H,3,8,10H2,1-2H3,(H,21,26)(H,20,22,27). The summed E-state index contributed by atoms with van der Waals surface area (Å²) < 4.78 is 14.7. The Morgan fingerprint density at radius 2 is 1.93 bits per heavy atom. The van der Waals surface area contributed by atoms with Gasteiger partial charge < -0.3 is 15.2 Å². The highest BCUT2D eigenvalue weighted by molar-refractivity contribution is 7.99. The minimum Gasteiger partial charge on any atom is -0.326 e. The third kappa shape index (κ3) is 5.84. The Balaban J connectivity index is 1.56. The summed E-state index contributed by atoms with van der Waals surface area (Å²) in [7, 11) is 0. The zero-order valence-corrected chi connectivity index (χ0v) is 17.4. The van der Waals surface area contributed by atoms with Crippen molar-refractivity contribution in [2.24, 2.45) is 0 Å². The van der Waals surface area contributed by atoms with Gasteiger partial charge in [0.1, 0.15) is 11.6 Å². The fourth-order valence-corrected chi connectivity index (χ4v) is 3.98. The summed E-state index contributed by atoms with van der Waals surface area (Å²) in [5, 5.41) is 16.6. The first-order chi connectivity index (χ1) is 13.9. The van der Waals surface area contributed by atoms with E-state index in [0.29, 0.717) is 28.3 Å². The third-order valence-corrected chi connectivity index (χ3v) is 5.60. The SMILES string of the molecule is CCn1c(CC(=O)Nc2ccc(F)cc2)nnc1SCC(=O)Nc1nc(C)cs1. The van der Waals surface area contributed by atoms with Crippen LogP contribution in [0.3, 0.4) is 0 Å². The van der Waals surface area contributed by atoms with Gasteiger partial charge in [-0.25, -0.2) is 9.37 Å². The van der Waals surface area contributed by atoms with Crippen LogP contribution in [0.2, 0.25) is 0 Å². The van der Waals surface area contributed by atoms with Crippen LogP contribution in [0.5, 0.6) is 0 Å². The van der Waals surface area contributed by atoms with E-state index >= 15 is 0 Å². The Morgan fingerprint density at radius 1 is 1.17 bits per heavy atom. The maximum Gasteiger partial charge on any atom is 0.236 e. The average molecular weight is 435 g/mol. The van der Waals surface area contributed by atoms with Gasteiger partial charge in [0.25, 0.3) is 0 Å². The molecule has 0 saturated carbocycles. The molecule has 2 amide bonds. The third-order valence-electron chi connectivity index (χ3n) is 3.75. The van der Waals surface area contributed by atoms with E-state index in [2.05, 4.69) is 25.8 Å². The molecular formula is C18H19FN6O2S2. The maximum atomic E-state index is 13.0. The predicted octanol–water partition coefficient (Wildman–Crippen LogP) is 3.11. The minimum absolute atomic E-state index is 0.0172. The molecule has 1 aromatic carbocycles. The molecule has 0 fully saturated rings. The van der Waals surface area contributed by atoms with Gasteiger partial charge in [-0.15, -0.1) is 21.5 Å². The largest absolute Gasteiger partial charge is 0.326 e. The zero-order valence-electron chi connectivity index (χ0n) is 15.8. The number of halogens is 1. The molecule has 0 unspecified atom stereocenters. The number of hydrogen-bond acceptors (Lipinski definition) is 7. The number of thiazole rings is 1. The Kier molecular flexibility index (Phi) is 6.94. The Hall–Kier alpha value is -2.79. The van der Waals surface area contributed by atoms with Crippen LogP contribution < -0.4 is 10.6 Å². The van der Waals surface area contributed by atoms with Gasteiger partial charge >= 0.3 is 0 Å². The first-order valence-corrected chi connectivity index (χ1v) is 10.6. The molecule has 0 aliphatic carbocycles. The van der Waals surface area contributed by atoms with E-state index < -0.39 is 0 Å². The lowest BCUT2D eigenvalue weighted by molar-refractivity contribution is -0.116. The van der Waals surface area contributed by atoms with Crippen molar-refractivity contribution in [1.82, 2.24) is 19.7 Å². The summed E-state index contributed by atoms with van der Waals surface area (Å²) in [6.45, 7) is 4.33. The molecule has 0 aliphatic heterocycles. The first kappa shape index (κ1) is 20.9. The number of benzene rings is 1. The Morgan fingerprint density at radius 3 is 2.59 bits per heavy atom. The Labute approximate surface area is 174 Å². The van der Waals surface area contributed by atoms with Gasteiger partial charge in [-0.1, -0.05) is 11.8 Å². The number of carbonyl (C=O) groups is 2. The molecule has 0 saturated heterocycles. The fraction of sp³-hybridized carbons (Fsp3) is 0.278. The molecule has 29 heavy (non-hydrogen) atoms. The highest BCUT2D eigenvalue weighted by atomic mass is 32.2. The lowest BCUT2D eigenvalue weighted by Gasteiger charge is -2.08. The number of carbonyl (C=O) groups excluding carboxylic acids is 2. The number of nitrogens with zero attached hydrogens (tertiary/aromatic N) is 4. The highest BCUT2D eigenvalue weighted by Gasteiger charge is 2.16. The molecule has 0 aliphatic rings. The second-order valence-electron chi connectivity index (χ2n) is 6.01. The molecule has 152 valence electrons. The van der Waals surface area contributed by atoms with E-state index in [9.17, 15) is 14.0 Å². The van der Waals surface area contributed by atoms with Crippen LogP contribution in [-0.2, 0) is 22.6 Å². The fourth-order valence-electron chi connectivity index (χ4n) is 2.45. The number of amides is 2. The van der Waals surface area contributed by atoms with Crippen LogP contribution in [0.1, 0.15) is 18.4 Å². The molecule has 0 spiro atoms. The quantitative estimate of drug-likeness (QED) is 0.528. The van der Waals surface area contributed by atoms with Crippen LogP contribution in [0.15, 0.2) is 34.8 Å². The van der Waals surface area contributed by atoms with Gasteiger partial charge in [-0.3, -0.25) is 9.59 Å². The van der Waals surface area contributed by atoms with Crippen LogP contribution in [0.25, 0.3) is 0 Å². The maximum absolute atomic E-state index is 13.0. The number of anilines is 2. The van der Waals surface area contributed by atoms with E-state index in [1.807, 2.05) is 19.2 Å². The van der Waals surface area contributed by atoms with Crippen molar-refractivity contribution < 1.29 is 14.0 Å². The summed E-state index contributed by atoms with van der Waals surface area (Å²) in [6, 6.07) is 5.52. The zero-order chi connectivity index (χ0) is 20.8. The second kappa shape index (κ2) is 9.61. The van der Waals surface area contributed by atoms with Crippen molar-refractivity contribution in [2.75, 3.05) is 16.4 Å². The van der Waals surface area contributed by atoms with Crippen LogP contribution in [0.4, 0.5) is 15.2 Å². The lowest BCUT2D eigenvalue weighted by Crippen LogP contribution is -2.18. The van der Waals surface area contributed by atoms with Gasteiger partial charge in [0, 0.05) is 17.6 Å². The number of nitrogens with one attached hydrogen (secondary N) is 2. The molecule has 11 heteroatoms. The van der Waals surface area contributed by atoms with Crippen molar-refractivity contribution in [1.29, 1.82) is 0 Å². The number of thioether (sulfide) groups is 1. The van der Waals surface area contributed by atoms with Crippen molar-refractivity contribution in [3.63, 3.8) is 0 Å². The molecule has 0 bridgehead atoms. The van der Waals surface area contributed by atoms with Gasteiger partial charge in [0.2, 0.25) is 11.8 Å². The number of rotatable bonds is 8. The smallest absolute Gasteiger partial charge is 0.236 e. The van der Waals surface area contributed by atoms with Crippen LogP contribution in [-0.4, -0.2) is 37.3 Å². The molecule has 8 nitrogen and oxygen atoms in total. The summed E-state index contributed by atoms with van der Waals surface area (Å²) in [5.41, 5.74) is 1.36. The Bertz CT molecular complexity index is 1000. The molecule has 2 aromatic heterocycles. The normalized spacial score (nSPS) is 10.7. The van der Waals surface area contributed by atoms with E-state index in [0.717, 1.165) is 5.69 Å². The van der Waals surface area contributed by atoms with Gasteiger partial charge in [-0.05, 0) is 38.1 Å². The van der Waals surface area contributed by atoms with Crippen LogP contribution >= 0.6 is 23.1 Å². The van der Waals surface area contributed by atoms with Crippen molar-refractivity contribution in [3.05, 3.63) is 47.0 Å². The van der Waals surface area contributed by atoms with Crippen LogP contribution in [0, 0.1) is 12.7 Å². The highest BCUT2D eigenvalue weighted by Crippen LogP contribution is 2.19. The van der Waals surface area contributed by atoms with Gasteiger partial charge in [0.15, 0.2) is 10.3 Å². The predicted molar refractivity (Wildman–Crippen MR) is 111 cm³/mol. The van der Waals surface area contributed by atoms with E-state index in [-0.39, 0.29) is 29.8 Å².